The Labute approximate surface area is 177 Å². The first kappa shape index (κ1) is 17.7. The summed E-state index contributed by atoms with van der Waals surface area (Å²) >= 11 is 0. The maximum Gasteiger partial charge on any atom is 0.258 e. The maximum atomic E-state index is 13.1. The molecule has 0 saturated heterocycles. The Balaban J connectivity index is 1.31. The van der Waals surface area contributed by atoms with Crippen molar-refractivity contribution in [3.8, 4) is 11.5 Å². The van der Waals surface area contributed by atoms with E-state index in [-0.39, 0.29) is 11.9 Å². The van der Waals surface area contributed by atoms with E-state index in [9.17, 15) is 4.79 Å². The Bertz CT molecular complexity index is 1450. The normalized spacial score (nSPS) is 13.5. The fraction of sp³-hybridized carbons (Fsp3) is 0.125. The molecule has 0 spiro atoms. The van der Waals surface area contributed by atoms with Crippen molar-refractivity contribution in [1.29, 1.82) is 0 Å². The average Bonchev–Trinajstić information content (AvgIpc) is 3.57. The van der Waals surface area contributed by atoms with Gasteiger partial charge in [0.1, 0.15) is 5.69 Å². The van der Waals surface area contributed by atoms with Crippen LogP contribution in [0.4, 0.5) is 5.95 Å². The summed E-state index contributed by atoms with van der Waals surface area (Å²) in [6, 6.07) is 21.3. The van der Waals surface area contributed by atoms with Crippen molar-refractivity contribution in [2.75, 3.05) is 5.32 Å². The number of aromatic nitrogens is 5. The smallest absolute Gasteiger partial charge is 0.258 e. The first-order valence-corrected chi connectivity index (χ1v) is 10.2. The standard InChI is InChI=1S/C24H18N6O/c31-23(17-13-21(15-9-10-15)26-19-8-4-2-6-16(17)19)28-24-27-22(29-30-24)20-12-11-14-5-1-3-7-18(14)25-20/h1-8,11-13,15H,9-10H2,(H2,27,28,29,30,31). The minimum atomic E-state index is -0.252. The number of hydrogen-bond donors (Lipinski definition) is 2. The van der Waals surface area contributed by atoms with Crippen LogP contribution in [-0.2, 0) is 0 Å². The van der Waals surface area contributed by atoms with Crippen LogP contribution in [0.25, 0.3) is 33.3 Å². The predicted octanol–water partition coefficient (Wildman–Crippen LogP) is 4.70. The zero-order valence-corrected chi connectivity index (χ0v) is 16.5. The molecule has 31 heavy (non-hydrogen) atoms. The largest absolute Gasteiger partial charge is 0.289 e. The highest BCUT2D eigenvalue weighted by atomic mass is 16.1. The quantitative estimate of drug-likeness (QED) is 0.451. The molecule has 1 fully saturated rings. The number of nitrogens with one attached hydrogen (secondary N) is 2. The number of benzene rings is 2. The SMILES string of the molecule is O=C(Nc1n[nH]c(-c2ccc3ccccc3n2)n1)c1cc(C2CC2)nc2ccccc12. The molecule has 0 bridgehead atoms. The Morgan fingerprint density at radius 3 is 2.58 bits per heavy atom. The first-order chi connectivity index (χ1) is 15.2. The zero-order valence-electron chi connectivity index (χ0n) is 16.5. The van der Waals surface area contributed by atoms with Gasteiger partial charge in [0.25, 0.3) is 5.91 Å². The number of fused-ring (bicyclic) bond motifs is 2. The van der Waals surface area contributed by atoms with Crippen molar-refractivity contribution in [3.63, 3.8) is 0 Å². The molecule has 0 unspecified atom stereocenters. The van der Waals surface area contributed by atoms with Gasteiger partial charge in [-0.3, -0.25) is 20.2 Å². The second-order valence-corrected chi connectivity index (χ2v) is 7.74. The van der Waals surface area contributed by atoms with E-state index in [1.165, 1.54) is 0 Å². The van der Waals surface area contributed by atoms with Crippen LogP contribution < -0.4 is 5.32 Å². The molecule has 2 N–H and O–H groups in total. The van der Waals surface area contributed by atoms with Crippen molar-refractivity contribution < 1.29 is 4.79 Å². The number of carbonyl (C=O) groups excluding carboxylic acids is 1. The molecular weight excluding hydrogens is 388 g/mol. The Morgan fingerprint density at radius 2 is 1.71 bits per heavy atom. The summed E-state index contributed by atoms with van der Waals surface area (Å²) in [7, 11) is 0. The molecule has 6 rings (SSSR count). The monoisotopic (exact) mass is 406 g/mol. The van der Waals surface area contributed by atoms with Crippen LogP contribution in [0.3, 0.4) is 0 Å². The molecule has 7 heteroatoms. The van der Waals surface area contributed by atoms with E-state index in [1.807, 2.05) is 66.7 Å². The van der Waals surface area contributed by atoms with Crippen LogP contribution in [-0.4, -0.2) is 31.1 Å². The van der Waals surface area contributed by atoms with Gasteiger partial charge in [0, 0.05) is 22.4 Å². The molecule has 7 nitrogen and oxygen atoms in total. The van der Waals surface area contributed by atoms with Crippen LogP contribution >= 0.6 is 0 Å². The van der Waals surface area contributed by atoms with E-state index in [2.05, 4.69) is 25.5 Å². The Kier molecular flexibility index (Phi) is 3.99. The third kappa shape index (κ3) is 3.30. The van der Waals surface area contributed by atoms with Crippen LogP contribution in [0.2, 0.25) is 0 Å². The predicted molar refractivity (Wildman–Crippen MR) is 119 cm³/mol. The third-order valence-corrected chi connectivity index (χ3v) is 5.53. The molecule has 1 aliphatic rings. The van der Waals surface area contributed by atoms with Gasteiger partial charge in [-0.15, -0.1) is 5.10 Å². The van der Waals surface area contributed by atoms with Gasteiger partial charge in [-0.25, -0.2) is 4.98 Å². The van der Waals surface area contributed by atoms with Gasteiger partial charge < -0.3 is 0 Å². The highest BCUT2D eigenvalue weighted by Crippen LogP contribution is 2.40. The van der Waals surface area contributed by atoms with Crippen molar-refractivity contribution in [2.24, 2.45) is 0 Å². The summed E-state index contributed by atoms with van der Waals surface area (Å²) in [5.74, 6) is 0.908. The summed E-state index contributed by atoms with van der Waals surface area (Å²) in [6.07, 6.45) is 2.24. The lowest BCUT2D eigenvalue weighted by molar-refractivity contribution is 0.102. The summed E-state index contributed by atoms with van der Waals surface area (Å²) in [5, 5.41) is 11.7. The lowest BCUT2D eigenvalue weighted by Gasteiger charge is -2.08. The van der Waals surface area contributed by atoms with Gasteiger partial charge >= 0.3 is 0 Å². The molecule has 1 amide bonds. The van der Waals surface area contributed by atoms with Crippen molar-refractivity contribution >= 4 is 33.7 Å². The number of amides is 1. The van der Waals surface area contributed by atoms with Crippen molar-refractivity contribution in [1.82, 2.24) is 25.1 Å². The lowest BCUT2D eigenvalue weighted by Crippen LogP contribution is -2.14. The molecule has 5 aromatic rings. The minimum absolute atomic E-state index is 0.212. The van der Waals surface area contributed by atoms with Gasteiger partial charge in [-0.1, -0.05) is 42.5 Å². The number of anilines is 1. The van der Waals surface area contributed by atoms with E-state index in [0.29, 0.717) is 23.0 Å². The van der Waals surface area contributed by atoms with Crippen LogP contribution in [0, 0.1) is 0 Å². The molecule has 0 aliphatic heterocycles. The van der Waals surface area contributed by atoms with Gasteiger partial charge in [0.05, 0.1) is 16.6 Å². The van der Waals surface area contributed by atoms with E-state index < -0.39 is 0 Å². The minimum Gasteiger partial charge on any atom is -0.289 e. The lowest BCUT2D eigenvalue weighted by atomic mass is 10.1. The Hall–Kier alpha value is -4.13. The molecule has 3 heterocycles. The molecule has 1 saturated carbocycles. The number of para-hydroxylation sites is 2. The fourth-order valence-corrected chi connectivity index (χ4v) is 3.77. The van der Waals surface area contributed by atoms with Crippen molar-refractivity contribution in [2.45, 2.75) is 18.8 Å². The molecule has 150 valence electrons. The molecule has 0 atom stereocenters. The molecule has 1 aliphatic carbocycles. The molecular formula is C24H18N6O. The molecule has 0 radical (unpaired) electrons. The number of rotatable bonds is 4. The number of nitrogens with zero attached hydrogens (tertiary/aromatic N) is 4. The molecule has 3 aromatic heterocycles. The van der Waals surface area contributed by atoms with Gasteiger partial charge in [-0.2, -0.15) is 4.98 Å². The van der Waals surface area contributed by atoms with E-state index in [1.54, 1.807) is 0 Å². The number of carbonyl (C=O) groups is 1. The number of pyridine rings is 2. The maximum absolute atomic E-state index is 13.1. The summed E-state index contributed by atoms with van der Waals surface area (Å²) in [6.45, 7) is 0. The highest BCUT2D eigenvalue weighted by Gasteiger charge is 2.27. The van der Waals surface area contributed by atoms with Crippen molar-refractivity contribution in [3.05, 3.63) is 78.0 Å². The summed E-state index contributed by atoms with van der Waals surface area (Å²) < 4.78 is 0. The average molecular weight is 406 g/mol. The molecule has 2 aromatic carbocycles. The fourth-order valence-electron chi connectivity index (χ4n) is 3.77. The van der Waals surface area contributed by atoms with Gasteiger partial charge in [0.15, 0.2) is 5.82 Å². The third-order valence-electron chi connectivity index (χ3n) is 5.53. The summed E-state index contributed by atoms with van der Waals surface area (Å²) in [5.41, 5.74) is 3.92. The van der Waals surface area contributed by atoms with E-state index in [0.717, 1.165) is 40.3 Å². The number of aromatic amines is 1. The first-order valence-electron chi connectivity index (χ1n) is 10.2. The number of hydrogen-bond acceptors (Lipinski definition) is 5. The van der Waals surface area contributed by atoms with Crippen LogP contribution in [0.1, 0.15) is 34.8 Å². The second-order valence-electron chi connectivity index (χ2n) is 7.74. The Morgan fingerprint density at radius 1 is 0.903 bits per heavy atom. The van der Waals surface area contributed by atoms with Gasteiger partial charge in [0.2, 0.25) is 5.95 Å². The second kappa shape index (κ2) is 6.98. The number of H-pyrrole nitrogens is 1. The van der Waals surface area contributed by atoms with Crippen LogP contribution in [0.15, 0.2) is 66.7 Å². The van der Waals surface area contributed by atoms with Crippen LogP contribution in [0.5, 0.6) is 0 Å². The van der Waals surface area contributed by atoms with E-state index in [4.69, 9.17) is 4.98 Å². The van der Waals surface area contributed by atoms with Gasteiger partial charge in [-0.05, 0) is 37.1 Å². The highest BCUT2D eigenvalue weighted by molar-refractivity contribution is 6.12. The topological polar surface area (TPSA) is 96.5 Å². The summed E-state index contributed by atoms with van der Waals surface area (Å²) in [4.78, 5) is 26.9. The van der Waals surface area contributed by atoms with E-state index >= 15 is 0 Å². The zero-order chi connectivity index (χ0) is 20.8.